The van der Waals surface area contributed by atoms with Gasteiger partial charge in [0.2, 0.25) is 0 Å². The Bertz CT molecular complexity index is 825. The van der Waals surface area contributed by atoms with Crippen molar-refractivity contribution in [3.8, 4) is 11.1 Å². The number of hydrogen-bond acceptors (Lipinski definition) is 5. The molecule has 0 aliphatic rings. The molecule has 3 aromatic rings. The van der Waals surface area contributed by atoms with Crippen molar-refractivity contribution in [3.05, 3.63) is 60.2 Å². The summed E-state index contributed by atoms with van der Waals surface area (Å²) in [5, 5.41) is 6.96. The monoisotopic (exact) mass is 308 g/mol. The maximum Gasteiger partial charge on any atom is 0.271 e. The molecule has 0 saturated heterocycles. The minimum absolute atomic E-state index is 0.260. The van der Waals surface area contributed by atoms with Gasteiger partial charge in [0, 0.05) is 49.5 Å². The molecule has 0 aromatic carbocycles. The van der Waals surface area contributed by atoms with Gasteiger partial charge < -0.3 is 5.32 Å². The predicted molar refractivity (Wildman–Crippen MR) is 84.4 cm³/mol. The Labute approximate surface area is 133 Å². The van der Waals surface area contributed by atoms with Gasteiger partial charge in [0.05, 0.1) is 18.1 Å². The van der Waals surface area contributed by atoms with Crippen LogP contribution >= 0.6 is 0 Å². The van der Waals surface area contributed by atoms with Gasteiger partial charge in [-0.2, -0.15) is 5.10 Å². The van der Waals surface area contributed by atoms with E-state index in [2.05, 4.69) is 25.4 Å². The second-order valence-electron chi connectivity index (χ2n) is 5.21. The van der Waals surface area contributed by atoms with E-state index < -0.39 is 0 Å². The van der Waals surface area contributed by atoms with E-state index in [1.807, 2.05) is 26.2 Å². The Morgan fingerprint density at radius 1 is 1.13 bits per heavy atom. The molecule has 7 nitrogen and oxygen atoms in total. The second kappa shape index (κ2) is 6.35. The lowest BCUT2D eigenvalue weighted by Crippen LogP contribution is -2.24. The highest BCUT2D eigenvalue weighted by Gasteiger charge is 2.08. The van der Waals surface area contributed by atoms with Crippen molar-refractivity contribution in [1.82, 2.24) is 30.0 Å². The standard InChI is InChI=1S/C16H16N6O/c1-11-4-19-15(9-18-11)16(23)20-6-12-3-13(7-17-5-12)14-8-21-22(2)10-14/h3-5,7-10H,6H2,1-2H3,(H,20,23). The third-order valence-corrected chi connectivity index (χ3v) is 3.30. The van der Waals surface area contributed by atoms with Gasteiger partial charge in [-0.05, 0) is 18.6 Å². The Morgan fingerprint density at radius 2 is 2.00 bits per heavy atom. The lowest BCUT2D eigenvalue weighted by molar-refractivity contribution is 0.0945. The average molecular weight is 308 g/mol. The van der Waals surface area contributed by atoms with E-state index >= 15 is 0 Å². The quantitative estimate of drug-likeness (QED) is 0.789. The van der Waals surface area contributed by atoms with Crippen LogP contribution in [-0.2, 0) is 13.6 Å². The molecule has 0 saturated carbocycles. The van der Waals surface area contributed by atoms with Crippen LogP contribution < -0.4 is 5.32 Å². The summed E-state index contributed by atoms with van der Waals surface area (Å²) in [7, 11) is 1.86. The summed E-state index contributed by atoms with van der Waals surface area (Å²) >= 11 is 0. The minimum atomic E-state index is -0.260. The molecule has 1 amide bonds. The molecule has 1 N–H and O–H groups in total. The van der Waals surface area contributed by atoms with E-state index in [0.717, 1.165) is 22.4 Å². The van der Waals surface area contributed by atoms with Gasteiger partial charge >= 0.3 is 0 Å². The summed E-state index contributed by atoms with van der Waals surface area (Å²) in [6, 6.07) is 1.98. The first kappa shape index (κ1) is 14.8. The van der Waals surface area contributed by atoms with Crippen molar-refractivity contribution in [3.63, 3.8) is 0 Å². The first-order valence-electron chi connectivity index (χ1n) is 7.11. The molecule has 7 heteroatoms. The van der Waals surface area contributed by atoms with Crippen molar-refractivity contribution in [2.24, 2.45) is 7.05 Å². The summed E-state index contributed by atoms with van der Waals surface area (Å²) in [6.45, 7) is 2.19. The number of aryl methyl sites for hydroxylation is 2. The lowest BCUT2D eigenvalue weighted by atomic mass is 10.1. The van der Waals surface area contributed by atoms with E-state index in [-0.39, 0.29) is 5.91 Å². The van der Waals surface area contributed by atoms with Gasteiger partial charge in [0.25, 0.3) is 5.91 Å². The molecular weight excluding hydrogens is 292 g/mol. The normalized spacial score (nSPS) is 10.5. The molecule has 0 fully saturated rings. The molecular formula is C16H16N6O. The van der Waals surface area contributed by atoms with Crippen molar-refractivity contribution < 1.29 is 4.79 Å². The zero-order valence-electron chi connectivity index (χ0n) is 12.9. The SMILES string of the molecule is Cc1cnc(C(=O)NCc2cncc(-c3cnn(C)c3)c2)cn1. The fourth-order valence-electron chi connectivity index (χ4n) is 2.10. The molecule has 116 valence electrons. The third-order valence-electron chi connectivity index (χ3n) is 3.30. The summed E-state index contributed by atoms with van der Waals surface area (Å²) in [5.74, 6) is -0.260. The number of carbonyl (C=O) groups excluding carboxylic acids is 1. The number of aromatic nitrogens is 5. The number of hydrogen-bond donors (Lipinski definition) is 1. The molecule has 0 aliphatic heterocycles. The highest BCUT2D eigenvalue weighted by Crippen LogP contribution is 2.18. The highest BCUT2D eigenvalue weighted by atomic mass is 16.1. The smallest absolute Gasteiger partial charge is 0.271 e. The van der Waals surface area contributed by atoms with Crippen LogP contribution in [0.3, 0.4) is 0 Å². The molecule has 0 aliphatic carbocycles. The third kappa shape index (κ3) is 3.57. The fourth-order valence-corrected chi connectivity index (χ4v) is 2.10. The van der Waals surface area contributed by atoms with Crippen LogP contribution in [0.5, 0.6) is 0 Å². The maximum absolute atomic E-state index is 12.0. The number of rotatable bonds is 4. The van der Waals surface area contributed by atoms with Crippen LogP contribution in [0.15, 0.2) is 43.2 Å². The Hall–Kier alpha value is -3.09. The van der Waals surface area contributed by atoms with E-state index in [1.165, 1.54) is 6.20 Å². The van der Waals surface area contributed by atoms with Crippen LogP contribution in [0.1, 0.15) is 21.7 Å². The van der Waals surface area contributed by atoms with Crippen LogP contribution in [0.25, 0.3) is 11.1 Å². The first-order chi connectivity index (χ1) is 11.1. The van der Waals surface area contributed by atoms with Crippen LogP contribution in [0.2, 0.25) is 0 Å². The van der Waals surface area contributed by atoms with Crippen molar-refractivity contribution in [2.75, 3.05) is 0 Å². The molecule has 3 aromatic heterocycles. The lowest BCUT2D eigenvalue weighted by Gasteiger charge is -2.06. The van der Waals surface area contributed by atoms with Crippen LogP contribution in [0, 0.1) is 6.92 Å². The number of carbonyl (C=O) groups is 1. The van der Waals surface area contributed by atoms with E-state index in [9.17, 15) is 4.79 Å². The van der Waals surface area contributed by atoms with E-state index in [1.54, 1.807) is 29.5 Å². The van der Waals surface area contributed by atoms with Crippen LogP contribution in [-0.4, -0.2) is 30.6 Å². The Kier molecular flexibility index (Phi) is 4.09. The molecule has 0 radical (unpaired) electrons. The van der Waals surface area contributed by atoms with E-state index in [0.29, 0.717) is 12.2 Å². The van der Waals surface area contributed by atoms with E-state index in [4.69, 9.17) is 0 Å². The molecule has 23 heavy (non-hydrogen) atoms. The Balaban J connectivity index is 1.68. The summed E-state index contributed by atoms with van der Waals surface area (Å²) < 4.78 is 1.74. The topological polar surface area (TPSA) is 85.6 Å². The van der Waals surface area contributed by atoms with Crippen molar-refractivity contribution >= 4 is 5.91 Å². The largest absolute Gasteiger partial charge is 0.347 e. The molecule has 0 unspecified atom stereocenters. The maximum atomic E-state index is 12.0. The van der Waals surface area contributed by atoms with Gasteiger partial charge in [0.1, 0.15) is 5.69 Å². The van der Waals surface area contributed by atoms with Gasteiger partial charge in [-0.1, -0.05) is 0 Å². The predicted octanol–water partition coefficient (Wildman–Crippen LogP) is 1.51. The Morgan fingerprint density at radius 3 is 2.70 bits per heavy atom. The highest BCUT2D eigenvalue weighted by molar-refractivity contribution is 5.91. The second-order valence-corrected chi connectivity index (χ2v) is 5.21. The first-order valence-corrected chi connectivity index (χ1v) is 7.11. The minimum Gasteiger partial charge on any atom is -0.347 e. The summed E-state index contributed by atoms with van der Waals surface area (Å²) in [4.78, 5) is 24.4. The number of nitrogens with zero attached hydrogens (tertiary/aromatic N) is 5. The van der Waals surface area contributed by atoms with Crippen molar-refractivity contribution in [1.29, 1.82) is 0 Å². The molecule has 0 spiro atoms. The van der Waals surface area contributed by atoms with Gasteiger partial charge in [-0.15, -0.1) is 0 Å². The number of pyridine rings is 1. The van der Waals surface area contributed by atoms with Gasteiger partial charge in [-0.25, -0.2) is 4.98 Å². The van der Waals surface area contributed by atoms with Gasteiger partial charge in [-0.3, -0.25) is 19.4 Å². The van der Waals surface area contributed by atoms with Crippen LogP contribution in [0.4, 0.5) is 0 Å². The summed E-state index contributed by atoms with van der Waals surface area (Å²) in [6.07, 6.45) is 10.2. The number of amides is 1. The zero-order valence-corrected chi connectivity index (χ0v) is 12.9. The number of nitrogens with one attached hydrogen (secondary N) is 1. The molecule has 0 atom stereocenters. The zero-order chi connectivity index (χ0) is 16.2. The summed E-state index contributed by atoms with van der Waals surface area (Å²) in [5.41, 5.74) is 3.92. The molecule has 3 rings (SSSR count). The average Bonchev–Trinajstić information content (AvgIpc) is 3.00. The fraction of sp³-hybridized carbons (Fsp3) is 0.188. The molecule has 0 bridgehead atoms. The van der Waals surface area contributed by atoms with Crippen molar-refractivity contribution in [2.45, 2.75) is 13.5 Å². The van der Waals surface area contributed by atoms with Gasteiger partial charge in [0.15, 0.2) is 0 Å². The molecule has 3 heterocycles.